The second-order valence-corrected chi connectivity index (χ2v) is 5.53. The molecule has 0 aliphatic carbocycles. The normalized spacial score (nSPS) is 9.92. The van der Waals surface area contributed by atoms with Crippen LogP contribution in [0.15, 0.2) is 30.3 Å². The van der Waals surface area contributed by atoms with E-state index < -0.39 is 0 Å². The highest BCUT2D eigenvalue weighted by atomic mass is 32.2. The number of thiol groups is 1. The molecular formula is C10H12S3. The molecule has 0 unspecified atom stereocenters. The van der Waals surface area contributed by atoms with Crippen molar-refractivity contribution in [3.63, 3.8) is 0 Å². The molecule has 1 aromatic rings. The maximum Gasteiger partial charge on any atom is 0.101 e. The smallest absolute Gasteiger partial charge is 0.101 e. The van der Waals surface area contributed by atoms with Crippen LogP contribution < -0.4 is 0 Å². The summed E-state index contributed by atoms with van der Waals surface area (Å²) >= 11 is 10.6. The van der Waals surface area contributed by atoms with Crippen molar-refractivity contribution in [3.8, 4) is 0 Å². The predicted octanol–water partition coefficient (Wildman–Crippen LogP) is 3.57. The lowest BCUT2D eigenvalue weighted by atomic mass is 10.1. The summed E-state index contributed by atoms with van der Waals surface area (Å²) in [6.45, 7) is 0. The summed E-state index contributed by atoms with van der Waals surface area (Å²) in [7, 11) is 0. The second kappa shape index (κ2) is 6.46. The maximum absolute atomic E-state index is 4.85. The van der Waals surface area contributed by atoms with Gasteiger partial charge in [-0.25, -0.2) is 0 Å². The van der Waals surface area contributed by atoms with E-state index in [1.807, 2.05) is 6.07 Å². The van der Waals surface area contributed by atoms with Crippen molar-refractivity contribution < 1.29 is 0 Å². The van der Waals surface area contributed by atoms with Gasteiger partial charge in [0, 0.05) is 0 Å². The fraction of sp³-hybridized carbons (Fsp3) is 0.300. The monoisotopic (exact) mass is 228 g/mol. The lowest BCUT2D eigenvalue weighted by Crippen LogP contribution is -1.88. The lowest BCUT2D eigenvalue weighted by molar-refractivity contribution is 0.935. The summed E-state index contributed by atoms with van der Waals surface area (Å²) in [6.07, 6.45) is 2.29. The Morgan fingerprint density at radius 2 is 2.00 bits per heavy atom. The Labute approximate surface area is 94.5 Å². The Morgan fingerprint density at radius 3 is 2.62 bits per heavy atom. The number of thioether (sulfide) groups is 1. The molecule has 1 rings (SSSR count). The third-order valence-electron chi connectivity index (χ3n) is 1.68. The van der Waals surface area contributed by atoms with Crippen molar-refractivity contribution in [1.29, 1.82) is 0 Å². The molecule has 13 heavy (non-hydrogen) atoms. The molecule has 3 heteroatoms. The van der Waals surface area contributed by atoms with Crippen LogP contribution in [0.3, 0.4) is 0 Å². The molecule has 0 heterocycles. The third kappa shape index (κ3) is 5.34. The van der Waals surface area contributed by atoms with Gasteiger partial charge in [-0.3, -0.25) is 0 Å². The number of thiocarbonyl (C=S) groups is 1. The number of benzene rings is 1. The van der Waals surface area contributed by atoms with E-state index in [4.69, 9.17) is 12.2 Å². The average Bonchev–Trinajstić information content (AvgIpc) is 2.14. The minimum Gasteiger partial charge on any atom is -0.125 e. The number of hydrogen-bond donors (Lipinski definition) is 1. The summed E-state index contributed by atoms with van der Waals surface area (Å²) < 4.78 is 0.744. The number of aryl methyl sites for hydroxylation is 1. The van der Waals surface area contributed by atoms with E-state index in [9.17, 15) is 0 Å². The average molecular weight is 228 g/mol. The summed E-state index contributed by atoms with van der Waals surface area (Å²) in [4.78, 5) is 0. The van der Waals surface area contributed by atoms with Crippen LogP contribution in [0.4, 0.5) is 0 Å². The van der Waals surface area contributed by atoms with Crippen LogP contribution in [0.25, 0.3) is 0 Å². The van der Waals surface area contributed by atoms with Crippen molar-refractivity contribution in [2.24, 2.45) is 0 Å². The SMILES string of the molecule is S=C(S)SCCCc1ccccc1. The highest BCUT2D eigenvalue weighted by Crippen LogP contribution is 2.11. The zero-order chi connectivity index (χ0) is 9.52. The lowest BCUT2D eigenvalue weighted by Gasteiger charge is -1.99. The van der Waals surface area contributed by atoms with Crippen molar-refractivity contribution in [1.82, 2.24) is 0 Å². The third-order valence-corrected chi connectivity index (χ3v) is 3.16. The van der Waals surface area contributed by atoms with Crippen LogP contribution in [0.5, 0.6) is 0 Å². The summed E-state index contributed by atoms with van der Waals surface area (Å²) in [5.74, 6) is 1.07. The Morgan fingerprint density at radius 1 is 1.31 bits per heavy atom. The first-order valence-corrected chi connectivity index (χ1v) is 6.03. The van der Waals surface area contributed by atoms with Crippen LogP contribution in [0.1, 0.15) is 12.0 Å². The summed E-state index contributed by atoms with van der Waals surface area (Å²) in [6, 6.07) is 10.5. The Balaban J connectivity index is 2.17. The van der Waals surface area contributed by atoms with Crippen LogP contribution >= 0.6 is 36.6 Å². The van der Waals surface area contributed by atoms with Crippen LogP contribution in [0.2, 0.25) is 0 Å². The fourth-order valence-corrected chi connectivity index (χ4v) is 2.07. The van der Waals surface area contributed by atoms with Gasteiger partial charge in [0.2, 0.25) is 0 Å². The van der Waals surface area contributed by atoms with Gasteiger partial charge in [0.15, 0.2) is 0 Å². The first-order valence-electron chi connectivity index (χ1n) is 4.18. The molecule has 0 atom stereocenters. The van der Waals surface area contributed by atoms with E-state index in [0.717, 1.165) is 22.1 Å². The molecule has 0 aromatic heterocycles. The molecule has 1 aromatic carbocycles. The molecule has 0 aliphatic heterocycles. The largest absolute Gasteiger partial charge is 0.125 e. The zero-order valence-corrected chi connectivity index (χ0v) is 9.80. The molecular weight excluding hydrogens is 216 g/mol. The number of rotatable bonds is 4. The molecule has 0 spiro atoms. The molecule has 0 saturated heterocycles. The predicted molar refractivity (Wildman–Crippen MR) is 68.8 cm³/mol. The van der Waals surface area contributed by atoms with Crippen LogP contribution in [0, 0.1) is 0 Å². The first kappa shape index (κ1) is 11.1. The van der Waals surface area contributed by atoms with Gasteiger partial charge in [0.25, 0.3) is 0 Å². The van der Waals surface area contributed by atoms with Crippen molar-refractivity contribution in [3.05, 3.63) is 35.9 Å². The van der Waals surface area contributed by atoms with E-state index in [0.29, 0.717) is 0 Å². The zero-order valence-electron chi connectivity index (χ0n) is 7.27. The van der Waals surface area contributed by atoms with Gasteiger partial charge >= 0.3 is 0 Å². The van der Waals surface area contributed by atoms with E-state index in [-0.39, 0.29) is 0 Å². The maximum atomic E-state index is 4.85. The van der Waals surface area contributed by atoms with Gasteiger partial charge in [-0.05, 0) is 24.2 Å². The number of hydrogen-bond acceptors (Lipinski definition) is 2. The van der Waals surface area contributed by atoms with E-state index >= 15 is 0 Å². The van der Waals surface area contributed by atoms with Gasteiger partial charge in [0.05, 0.1) is 0 Å². The quantitative estimate of drug-likeness (QED) is 0.475. The molecule has 0 aliphatic rings. The second-order valence-electron chi connectivity index (χ2n) is 2.70. The van der Waals surface area contributed by atoms with Gasteiger partial charge in [-0.15, -0.1) is 24.4 Å². The molecule has 0 nitrogen and oxygen atoms in total. The highest BCUT2D eigenvalue weighted by Gasteiger charge is 1.93. The van der Waals surface area contributed by atoms with Crippen molar-refractivity contribution >= 4 is 40.1 Å². The van der Waals surface area contributed by atoms with E-state index in [1.165, 1.54) is 5.56 Å². The molecule has 0 amide bonds. The molecule has 0 radical (unpaired) electrons. The van der Waals surface area contributed by atoms with E-state index in [1.54, 1.807) is 11.8 Å². The topological polar surface area (TPSA) is 0 Å². The highest BCUT2D eigenvalue weighted by molar-refractivity contribution is 8.41. The van der Waals surface area contributed by atoms with E-state index in [2.05, 4.69) is 36.9 Å². The summed E-state index contributed by atoms with van der Waals surface area (Å²) in [5, 5.41) is 0. The molecule has 0 fully saturated rings. The van der Waals surface area contributed by atoms with Crippen LogP contribution in [-0.2, 0) is 6.42 Å². The summed E-state index contributed by atoms with van der Waals surface area (Å²) in [5.41, 5.74) is 1.40. The van der Waals surface area contributed by atoms with Crippen LogP contribution in [-0.4, -0.2) is 9.28 Å². The molecule has 0 saturated carbocycles. The Bertz CT molecular complexity index is 256. The van der Waals surface area contributed by atoms with Gasteiger partial charge < -0.3 is 0 Å². The first-order chi connectivity index (χ1) is 6.29. The minimum atomic E-state index is 0.744. The molecule has 0 bridgehead atoms. The fourth-order valence-electron chi connectivity index (χ4n) is 1.08. The standard InChI is InChI=1S/C10H12S3/c11-10(12)13-8-4-7-9-5-2-1-3-6-9/h1-3,5-6H,4,7-8H2,(H,11,12). The van der Waals surface area contributed by atoms with Crippen molar-refractivity contribution in [2.75, 3.05) is 5.75 Å². The van der Waals surface area contributed by atoms with Gasteiger partial charge in [-0.2, -0.15) is 0 Å². The van der Waals surface area contributed by atoms with Gasteiger partial charge in [-0.1, -0.05) is 42.5 Å². The Kier molecular flexibility index (Phi) is 5.51. The van der Waals surface area contributed by atoms with Crippen molar-refractivity contribution in [2.45, 2.75) is 12.8 Å². The van der Waals surface area contributed by atoms with Gasteiger partial charge in [0.1, 0.15) is 3.53 Å². The molecule has 0 N–H and O–H groups in total. The minimum absolute atomic E-state index is 0.744. The Hall–Kier alpha value is 0.01000. The molecule has 70 valence electrons.